The van der Waals surface area contributed by atoms with E-state index in [0.29, 0.717) is 23.9 Å². The first kappa shape index (κ1) is 17.0. The van der Waals surface area contributed by atoms with Gasteiger partial charge in [-0.15, -0.1) is 0 Å². The topological polar surface area (TPSA) is 55.1 Å². The summed E-state index contributed by atoms with van der Waals surface area (Å²) in [4.78, 5) is 12.1. The van der Waals surface area contributed by atoms with E-state index in [4.69, 9.17) is 17.3 Å². The normalized spacial score (nSPS) is 14.1. The Labute approximate surface area is 126 Å². The van der Waals surface area contributed by atoms with Crippen LogP contribution in [0, 0.1) is 11.8 Å². The third-order valence-corrected chi connectivity index (χ3v) is 3.71. The average molecular weight is 297 g/mol. The minimum Gasteiger partial charge on any atom is -0.350 e. The molecule has 0 saturated carbocycles. The molecule has 0 fully saturated rings. The predicted molar refractivity (Wildman–Crippen MR) is 84.6 cm³/mol. The van der Waals surface area contributed by atoms with E-state index >= 15 is 0 Å². The van der Waals surface area contributed by atoms with Crippen LogP contribution in [0.3, 0.4) is 0 Å². The molecule has 0 saturated heterocycles. The van der Waals surface area contributed by atoms with E-state index < -0.39 is 0 Å². The number of rotatable bonds is 7. The van der Waals surface area contributed by atoms with Crippen molar-refractivity contribution in [3.05, 3.63) is 34.9 Å². The Balaban J connectivity index is 2.55. The van der Waals surface area contributed by atoms with Gasteiger partial charge < -0.3 is 11.1 Å². The van der Waals surface area contributed by atoms with Gasteiger partial charge in [0, 0.05) is 11.4 Å². The molecule has 0 heterocycles. The molecule has 0 aromatic heterocycles. The quantitative estimate of drug-likeness (QED) is 0.809. The maximum absolute atomic E-state index is 12.1. The third-order valence-electron chi connectivity index (χ3n) is 3.36. The van der Waals surface area contributed by atoms with E-state index in [2.05, 4.69) is 19.2 Å². The summed E-state index contributed by atoms with van der Waals surface area (Å²) in [5, 5.41) is 3.67. The highest BCUT2D eigenvalue weighted by atomic mass is 35.5. The molecule has 0 aliphatic heterocycles. The zero-order chi connectivity index (χ0) is 15.1. The summed E-state index contributed by atoms with van der Waals surface area (Å²) < 4.78 is 0. The van der Waals surface area contributed by atoms with Crippen LogP contribution < -0.4 is 11.1 Å². The number of carbonyl (C=O) groups is 1. The van der Waals surface area contributed by atoms with Crippen LogP contribution in [0.25, 0.3) is 0 Å². The molecule has 0 aliphatic carbocycles. The molecule has 112 valence electrons. The molecule has 0 spiro atoms. The van der Waals surface area contributed by atoms with Gasteiger partial charge >= 0.3 is 0 Å². The van der Waals surface area contributed by atoms with Gasteiger partial charge in [0.05, 0.1) is 6.04 Å². The predicted octanol–water partition coefficient (Wildman–Crippen LogP) is 3.53. The zero-order valence-corrected chi connectivity index (χ0v) is 13.3. The Morgan fingerprint density at radius 2 is 1.95 bits per heavy atom. The molecule has 2 atom stereocenters. The van der Waals surface area contributed by atoms with Gasteiger partial charge in [-0.25, -0.2) is 0 Å². The minimum atomic E-state index is -0.0892. The molecule has 1 amide bonds. The summed E-state index contributed by atoms with van der Waals surface area (Å²) >= 11 is 6.13. The number of nitrogens with one attached hydrogen (secondary N) is 1. The van der Waals surface area contributed by atoms with Crippen molar-refractivity contribution in [3.63, 3.8) is 0 Å². The molecule has 1 rings (SSSR count). The lowest BCUT2D eigenvalue weighted by Crippen LogP contribution is -2.30. The summed E-state index contributed by atoms with van der Waals surface area (Å²) in [6.45, 7) is 6.78. The van der Waals surface area contributed by atoms with Crippen LogP contribution in [0.15, 0.2) is 24.3 Å². The van der Waals surface area contributed by atoms with Crippen LogP contribution >= 0.6 is 11.6 Å². The van der Waals surface area contributed by atoms with Gasteiger partial charge in [0.15, 0.2) is 0 Å². The van der Waals surface area contributed by atoms with Crippen molar-refractivity contribution in [3.8, 4) is 0 Å². The molecular formula is C16H25ClN2O. The zero-order valence-electron chi connectivity index (χ0n) is 12.5. The number of amides is 1. The van der Waals surface area contributed by atoms with E-state index in [0.717, 1.165) is 12.0 Å². The Bertz CT molecular complexity index is 434. The number of nitrogens with two attached hydrogens (primary N) is 1. The number of halogens is 1. The first-order valence-electron chi connectivity index (χ1n) is 7.17. The maximum atomic E-state index is 12.1. The SMILES string of the molecule is CC(C)CC(CN)CC(=O)NC(C)c1ccccc1Cl. The molecule has 20 heavy (non-hydrogen) atoms. The molecule has 3 nitrogen and oxygen atoms in total. The highest BCUT2D eigenvalue weighted by Crippen LogP contribution is 2.22. The van der Waals surface area contributed by atoms with Crippen LogP contribution in [0.5, 0.6) is 0 Å². The summed E-state index contributed by atoms with van der Waals surface area (Å²) in [6.07, 6.45) is 1.45. The highest BCUT2D eigenvalue weighted by Gasteiger charge is 2.17. The van der Waals surface area contributed by atoms with Crippen molar-refractivity contribution in [2.75, 3.05) is 6.54 Å². The first-order valence-corrected chi connectivity index (χ1v) is 7.55. The molecule has 4 heteroatoms. The highest BCUT2D eigenvalue weighted by molar-refractivity contribution is 6.31. The Kier molecular flexibility index (Phi) is 7.03. The number of hydrogen-bond acceptors (Lipinski definition) is 2. The van der Waals surface area contributed by atoms with Crippen LogP contribution in [0.2, 0.25) is 5.02 Å². The molecule has 2 unspecified atom stereocenters. The molecular weight excluding hydrogens is 272 g/mol. The fourth-order valence-corrected chi connectivity index (χ4v) is 2.70. The smallest absolute Gasteiger partial charge is 0.220 e. The van der Waals surface area contributed by atoms with Crippen molar-refractivity contribution in [2.45, 2.75) is 39.7 Å². The Hall–Kier alpha value is -1.06. The van der Waals surface area contributed by atoms with Gasteiger partial charge in [0.2, 0.25) is 5.91 Å². The average Bonchev–Trinajstić information content (AvgIpc) is 2.37. The Morgan fingerprint density at radius 3 is 2.50 bits per heavy atom. The van der Waals surface area contributed by atoms with E-state index in [1.165, 1.54) is 0 Å². The van der Waals surface area contributed by atoms with E-state index in [1.807, 2.05) is 31.2 Å². The maximum Gasteiger partial charge on any atom is 0.220 e. The lowest BCUT2D eigenvalue weighted by Gasteiger charge is -2.20. The van der Waals surface area contributed by atoms with Crippen LogP contribution in [0.4, 0.5) is 0 Å². The second kappa shape index (κ2) is 8.28. The summed E-state index contributed by atoms with van der Waals surface area (Å²) in [7, 11) is 0. The van der Waals surface area contributed by atoms with Crippen molar-refractivity contribution >= 4 is 17.5 Å². The molecule has 3 N–H and O–H groups in total. The molecule has 0 radical (unpaired) electrons. The number of hydrogen-bond donors (Lipinski definition) is 2. The molecule has 0 aliphatic rings. The number of benzene rings is 1. The second-order valence-electron chi connectivity index (χ2n) is 5.75. The van der Waals surface area contributed by atoms with Crippen molar-refractivity contribution < 1.29 is 4.79 Å². The molecule has 1 aromatic carbocycles. The van der Waals surface area contributed by atoms with E-state index in [9.17, 15) is 4.79 Å². The molecule has 1 aromatic rings. The van der Waals surface area contributed by atoms with Gasteiger partial charge in [-0.1, -0.05) is 43.6 Å². The van der Waals surface area contributed by atoms with Crippen molar-refractivity contribution in [2.24, 2.45) is 17.6 Å². The van der Waals surface area contributed by atoms with Crippen molar-refractivity contribution in [1.82, 2.24) is 5.32 Å². The van der Waals surface area contributed by atoms with Gasteiger partial charge in [-0.2, -0.15) is 0 Å². The lowest BCUT2D eigenvalue weighted by molar-refractivity contribution is -0.122. The number of carbonyl (C=O) groups excluding carboxylic acids is 1. The van der Waals surface area contributed by atoms with E-state index in [1.54, 1.807) is 0 Å². The van der Waals surface area contributed by atoms with Crippen LogP contribution in [0.1, 0.15) is 45.2 Å². The Morgan fingerprint density at radius 1 is 1.30 bits per heavy atom. The van der Waals surface area contributed by atoms with Gasteiger partial charge in [0.1, 0.15) is 0 Å². The molecule has 0 bridgehead atoms. The van der Waals surface area contributed by atoms with Gasteiger partial charge in [0.25, 0.3) is 0 Å². The fourth-order valence-electron chi connectivity index (χ4n) is 2.40. The van der Waals surface area contributed by atoms with Crippen molar-refractivity contribution in [1.29, 1.82) is 0 Å². The monoisotopic (exact) mass is 296 g/mol. The standard InChI is InChI=1S/C16H25ClN2O/c1-11(2)8-13(10-18)9-16(20)19-12(3)14-6-4-5-7-15(14)17/h4-7,11-13H,8-10,18H2,1-3H3,(H,19,20). The van der Waals surface area contributed by atoms with Gasteiger partial charge in [-0.3, -0.25) is 4.79 Å². The second-order valence-corrected chi connectivity index (χ2v) is 6.15. The summed E-state index contributed by atoms with van der Waals surface area (Å²) in [6, 6.07) is 7.48. The minimum absolute atomic E-state index is 0.0357. The summed E-state index contributed by atoms with van der Waals surface area (Å²) in [5.41, 5.74) is 6.67. The third kappa shape index (κ3) is 5.51. The van der Waals surface area contributed by atoms with Crippen LogP contribution in [-0.2, 0) is 4.79 Å². The fraction of sp³-hybridized carbons (Fsp3) is 0.562. The van der Waals surface area contributed by atoms with Gasteiger partial charge in [-0.05, 0) is 43.4 Å². The first-order chi connectivity index (χ1) is 9.43. The summed E-state index contributed by atoms with van der Waals surface area (Å²) in [5.74, 6) is 0.833. The van der Waals surface area contributed by atoms with E-state index in [-0.39, 0.29) is 17.9 Å². The lowest BCUT2D eigenvalue weighted by atomic mass is 9.94. The van der Waals surface area contributed by atoms with Crippen LogP contribution in [-0.4, -0.2) is 12.5 Å². The largest absolute Gasteiger partial charge is 0.350 e.